The van der Waals surface area contributed by atoms with Crippen LogP contribution in [-0.4, -0.2) is 42.2 Å². The third kappa shape index (κ3) is 8.19. The summed E-state index contributed by atoms with van der Waals surface area (Å²) in [5.41, 5.74) is 0. The maximum Gasteiger partial charge on any atom is 0.508 e. The van der Waals surface area contributed by atoms with Crippen LogP contribution in [0.15, 0.2) is 0 Å². The molecule has 0 aromatic carbocycles. The molecule has 1 unspecified atom stereocenters. The predicted molar refractivity (Wildman–Crippen MR) is 105 cm³/mol. The molecular formula is C13H18Cl3NO4S3. The number of thioether (sulfide) groups is 2. The van der Waals surface area contributed by atoms with Crippen molar-refractivity contribution in [3.05, 3.63) is 0 Å². The summed E-state index contributed by atoms with van der Waals surface area (Å²) in [6.45, 7) is 7.31. The van der Waals surface area contributed by atoms with Gasteiger partial charge in [-0.25, -0.2) is 4.79 Å². The average molecular weight is 455 g/mol. The molecule has 1 amide bonds. The third-order valence-electron chi connectivity index (χ3n) is 2.67. The molecule has 1 heterocycles. The number of carbonyl (C=O) groups excluding carboxylic acids is 2. The minimum atomic E-state index is -1.72. The van der Waals surface area contributed by atoms with E-state index in [4.69, 9.17) is 51.8 Å². The first-order valence-corrected chi connectivity index (χ1v) is 10.1. The van der Waals surface area contributed by atoms with Gasteiger partial charge in [0, 0.05) is 4.75 Å². The number of alkyl halides is 3. The summed E-state index contributed by atoms with van der Waals surface area (Å²) in [4.78, 5) is 23.4. The zero-order valence-corrected chi connectivity index (χ0v) is 18.1. The number of amides is 1. The molecule has 0 aromatic heterocycles. The van der Waals surface area contributed by atoms with Gasteiger partial charge in [0.1, 0.15) is 22.2 Å². The van der Waals surface area contributed by atoms with E-state index in [1.807, 2.05) is 20.8 Å². The van der Waals surface area contributed by atoms with Gasteiger partial charge in [0.2, 0.25) is 9.70 Å². The zero-order chi connectivity index (χ0) is 18.7. The van der Waals surface area contributed by atoms with Crippen molar-refractivity contribution in [3.8, 4) is 0 Å². The van der Waals surface area contributed by atoms with E-state index < -0.39 is 28.6 Å². The van der Waals surface area contributed by atoms with Gasteiger partial charge in [0.05, 0.1) is 5.37 Å². The maximum absolute atomic E-state index is 11.8. The van der Waals surface area contributed by atoms with Crippen LogP contribution in [0, 0.1) is 5.92 Å². The lowest BCUT2D eigenvalue weighted by molar-refractivity contribution is -0.137. The van der Waals surface area contributed by atoms with Crippen molar-refractivity contribution >= 4 is 86.1 Å². The fourth-order valence-electron chi connectivity index (χ4n) is 1.71. The van der Waals surface area contributed by atoms with Gasteiger partial charge in [0.25, 0.3) is 0 Å². The van der Waals surface area contributed by atoms with Gasteiger partial charge in [-0.05, 0) is 6.92 Å². The molecule has 5 nitrogen and oxygen atoms in total. The highest BCUT2D eigenvalue weighted by molar-refractivity contribution is 8.47. The molecule has 1 aliphatic rings. The Balaban J connectivity index is 2.50. The Morgan fingerprint density at radius 3 is 2.42 bits per heavy atom. The van der Waals surface area contributed by atoms with Crippen LogP contribution >= 0.6 is 70.5 Å². The second-order valence-corrected chi connectivity index (χ2v) is 12.7. The van der Waals surface area contributed by atoms with Crippen LogP contribution in [0.2, 0.25) is 0 Å². The van der Waals surface area contributed by atoms with Crippen molar-refractivity contribution < 1.29 is 19.1 Å². The second kappa shape index (κ2) is 8.86. The van der Waals surface area contributed by atoms with Crippen LogP contribution in [0.5, 0.6) is 0 Å². The first kappa shape index (κ1) is 22.4. The van der Waals surface area contributed by atoms with E-state index >= 15 is 0 Å². The van der Waals surface area contributed by atoms with Crippen LogP contribution in [0.25, 0.3) is 0 Å². The monoisotopic (exact) mass is 453 g/mol. The Hall–Kier alpha value is 0.400. The number of rotatable bonds is 4. The second-order valence-electron chi connectivity index (χ2n) is 6.01. The molecule has 0 bridgehead atoms. The fraction of sp³-hybridized carbons (Fsp3) is 0.769. The summed E-state index contributed by atoms with van der Waals surface area (Å²) in [6, 6.07) is 0. The molecular weight excluding hydrogens is 437 g/mol. The SMILES string of the molecule is CC(OC(=O)OCC(Cl)(Cl)Cl)[C@H]1C(=O)N[C@@H]1SC(=S)SC(C)(C)C. The molecule has 0 spiro atoms. The maximum atomic E-state index is 11.8. The highest BCUT2D eigenvalue weighted by Crippen LogP contribution is 2.37. The molecule has 24 heavy (non-hydrogen) atoms. The van der Waals surface area contributed by atoms with Crippen molar-refractivity contribution in [2.45, 2.75) is 47.7 Å². The van der Waals surface area contributed by atoms with E-state index in [1.54, 1.807) is 18.7 Å². The van der Waals surface area contributed by atoms with Crippen LogP contribution < -0.4 is 5.32 Å². The van der Waals surface area contributed by atoms with E-state index in [-0.39, 0.29) is 16.0 Å². The van der Waals surface area contributed by atoms with Crippen LogP contribution in [0.1, 0.15) is 27.7 Å². The highest BCUT2D eigenvalue weighted by atomic mass is 35.6. The van der Waals surface area contributed by atoms with Crippen molar-refractivity contribution in [2.75, 3.05) is 6.61 Å². The first-order chi connectivity index (χ1) is 10.8. The van der Waals surface area contributed by atoms with Gasteiger partial charge in [-0.2, -0.15) is 0 Å². The van der Waals surface area contributed by atoms with Gasteiger partial charge in [-0.15, -0.1) is 11.8 Å². The highest BCUT2D eigenvalue weighted by Gasteiger charge is 2.46. The smallest absolute Gasteiger partial charge is 0.430 e. The van der Waals surface area contributed by atoms with Gasteiger partial charge in [-0.1, -0.05) is 79.6 Å². The molecule has 0 aromatic rings. The fourth-order valence-corrected chi connectivity index (χ4v) is 5.56. The molecule has 1 N–H and O–H groups in total. The number of ether oxygens (including phenoxy) is 2. The predicted octanol–water partition coefficient (Wildman–Crippen LogP) is 4.52. The summed E-state index contributed by atoms with van der Waals surface area (Å²) in [7, 11) is 0. The third-order valence-corrected chi connectivity index (χ3v) is 5.71. The number of hydrogen-bond acceptors (Lipinski definition) is 7. The summed E-state index contributed by atoms with van der Waals surface area (Å²) >= 11 is 24.7. The minimum absolute atomic E-state index is 0.0174. The molecule has 3 atom stereocenters. The van der Waals surface area contributed by atoms with Crippen molar-refractivity contribution in [2.24, 2.45) is 5.92 Å². The average Bonchev–Trinajstić information content (AvgIpc) is 2.32. The van der Waals surface area contributed by atoms with Crippen LogP contribution in [0.4, 0.5) is 4.79 Å². The number of thiocarbonyl (C=S) groups is 1. The van der Waals surface area contributed by atoms with E-state index in [9.17, 15) is 9.59 Å². The summed E-state index contributed by atoms with van der Waals surface area (Å²) < 4.78 is 8.74. The zero-order valence-electron chi connectivity index (χ0n) is 13.4. The molecule has 1 aliphatic heterocycles. The standard InChI is InChI=1S/C13H18Cl3NO4S3/c1-6(21-10(19)20-5-13(14,15)16)7-8(18)17-9(7)23-11(22)24-12(2,3)4/h6-7,9H,5H2,1-4H3,(H,17,18)/t6?,7-,9+/m0/s1. The van der Waals surface area contributed by atoms with Crippen LogP contribution in [-0.2, 0) is 14.3 Å². The lowest BCUT2D eigenvalue weighted by Gasteiger charge is -2.39. The molecule has 0 aliphatic carbocycles. The number of hydrogen-bond donors (Lipinski definition) is 1. The Labute approximate surface area is 170 Å². The molecule has 138 valence electrons. The number of halogens is 3. The molecule has 0 radical (unpaired) electrons. The summed E-state index contributed by atoms with van der Waals surface area (Å²) in [5, 5.41) is 2.49. The Morgan fingerprint density at radius 2 is 1.96 bits per heavy atom. The minimum Gasteiger partial charge on any atom is -0.430 e. The normalized spacial score (nSPS) is 22.2. The Morgan fingerprint density at radius 1 is 1.38 bits per heavy atom. The molecule has 1 rings (SSSR count). The molecule has 1 saturated heterocycles. The number of nitrogens with one attached hydrogen (secondary N) is 1. The lowest BCUT2D eigenvalue weighted by Crippen LogP contribution is -2.61. The van der Waals surface area contributed by atoms with E-state index in [0.717, 1.165) is 0 Å². The number of β-lactam (4-membered cyclic amide) rings is 1. The summed E-state index contributed by atoms with van der Waals surface area (Å²) in [6.07, 6.45) is -1.69. The topological polar surface area (TPSA) is 64.6 Å². The van der Waals surface area contributed by atoms with Crippen LogP contribution in [0.3, 0.4) is 0 Å². The summed E-state index contributed by atoms with van der Waals surface area (Å²) in [5.74, 6) is -0.730. The molecule has 11 heteroatoms. The van der Waals surface area contributed by atoms with Crippen molar-refractivity contribution in [1.82, 2.24) is 5.32 Å². The molecule has 1 fully saturated rings. The van der Waals surface area contributed by atoms with Gasteiger partial charge >= 0.3 is 6.16 Å². The Kier molecular flexibility index (Phi) is 8.29. The van der Waals surface area contributed by atoms with Gasteiger partial charge < -0.3 is 14.8 Å². The molecule has 0 saturated carbocycles. The quantitative estimate of drug-likeness (QED) is 0.290. The van der Waals surface area contributed by atoms with Gasteiger partial charge in [-0.3, -0.25) is 4.79 Å². The van der Waals surface area contributed by atoms with E-state index in [0.29, 0.717) is 3.53 Å². The van der Waals surface area contributed by atoms with Crippen molar-refractivity contribution in [3.63, 3.8) is 0 Å². The van der Waals surface area contributed by atoms with Gasteiger partial charge in [0.15, 0.2) is 0 Å². The first-order valence-electron chi connectivity index (χ1n) is 6.88. The Bertz CT molecular complexity index is 508. The van der Waals surface area contributed by atoms with E-state index in [1.165, 1.54) is 11.8 Å². The lowest BCUT2D eigenvalue weighted by atomic mass is 9.96. The largest absolute Gasteiger partial charge is 0.508 e. The number of carbonyl (C=O) groups is 2. The van der Waals surface area contributed by atoms with Crippen molar-refractivity contribution in [1.29, 1.82) is 0 Å². The van der Waals surface area contributed by atoms with E-state index in [2.05, 4.69) is 10.1 Å².